The molecule has 14 heteroatoms. The maximum Gasteiger partial charge on any atom is 0.408 e. The Morgan fingerprint density at radius 3 is 2.30 bits per heavy atom. The van der Waals surface area contributed by atoms with Gasteiger partial charge in [-0.3, -0.25) is 9.59 Å². The second-order valence-corrected chi connectivity index (χ2v) is 10.2. The molecule has 238 valence electrons. The highest BCUT2D eigenvalue weighted by atomic mass is 35.5. The summed E-state index contributed by atoms with van der Waals surface area (Å²) in [7, 11) is 0. The highest BCUT2D eigenvalue weighted by Crippen LogP contribution is 2.27. The number of amides is 3. The smallest absolute Gasteiger partial charge is 0.408 e. The summed E-state index contributed by atoms with van der Waals surface area (Å²) in [5.74, 6) is -2.13. The van der Waals surface area contributed by atoms with Crippen LogP contribution < -0.4 is 16.1 Å². The number of phenolic OH excluding ortho intramolecular Hbond substituents is 1. The van der Waals surface area contributed by atoms with Crippen LogP contribution in [0.5, 0.6) is 5.75 Å². The second-order valence-electron chi connectivity index (χ2n) is 9.81. The van der Waals surface area contributed by atoms with Crippen LogP contribution in [0.4, 0.5) is 4.79 Å². The maximum atomic E-state index is 13.1. The summed E-state index contributed by atoms with van der Waals surface area (Å²) >= 11 is 6.04. The lowest BCUT2D eigenvalue weighted by molar-refractivity contribution is -0.130. The second kappa shape index (κ2) is 15.9. The summed E-state index contributed by atoms with van der Waals surface area (Å²) < 4.78 is 10.8. The zero-order valence-electron chi connectivity index (χ0n) is 24.1. The SMILES string of the molecule is O=C(N[C@@H](CO)C(=O)N[C@@H](Cc1ccc(O)cc1)C(=O)N/N=C\c1ccc(-c2ccc(C(=O)O)c(Cl)c2)o1)OCc1ccccc1. The number of nitrogens with one attached hydrogen (secondary N) is 3. The average molecular weight is 649 g/mol. The average Bonchev–Trinajstić information content (AvgIpc) is 3.52. The van der Waals surface area contributed by atoms with E-state index in [-0.39, 0.29) is 35.1 Å². The first kappa shape index (κ1) is 33.2. The molecular weight excluding hydrogens is 620 g/mol. The van der Waals surface area contributed by atoms with Gasteiger partial charge in [-0.1, -0.05) is 60.1 Å². The van der Waals surface area contributed by atoms with E-state index in [1.54, 1.807) is 48.5 Å². The Kier molecular flexibility index (Phi) is 11.5. The molecule has 1 aromatic heterocycles. The molecule has 13 nitrogen and oxygen atoms in total. The Hall–Kier alpha value is -5.66. The molecule has 1 heterocycles. The number of carbonyl (C=O) groups is 4. The van der Waals surface area contributed by atoms with Crippen LogP contribution >= 0.6 is 11.6 Å². The van der Waals surface area contributed by atoms with Gasteiger partial charge in [-0.05, 0) is 47.5 Å². The van der Waals surface area contributed by atoms with Crippen molar-refractivity contribution < 1.29 is 43.7 Å². The van der Waals surface area contributed by atoms with Gasteiger partial charge in [0.05, 0.1) is 23.4 Å². The summed E-state index contributed by atoms with van der Waals surface area (Å²) in [5, 5.41) is 37.3. The lowest BCUT2D eigenvalue weighted by Crippen LogP contribution is -2.55. The van der Waals surface area contributed by atoms with E-state index in [0.717, 1.165) is 5.56 Å². The van der Waals surface area contributed by atoms with Gasteiger partial charge in [-0.15, -0.1) is 0 Å². The van der Waals surface area contributed by atoms with Gasteiger partial charge in [0.25, 0.3) is 5.91 Å². The van der Waals surface area contributed by atoms with Gasteiger partial charge in [0, 0.05) is 12.0 Å². The van der Waals surface area contributed by atoms with Crippen molar-refractivity contribution in [3.63, 3.8) is 0 Å². The number of aliphatic hydroxyl groups excluding tert-OH is 1. The Morgan fingerprint density at radius 2 is 1.63 bits per heavy atom. The third kappa shape index (κ3) is 9.42. The number of hydrazone groups is 1. The molecule has 0 aliphatic rings. The number of furan rings is 1. The largest absolute Gasteiger partial charge is 0.508 e. The van der Waals surface area contributed by atoms with Crippen molar-refractivity contribution in [3.05, 3.63) is 112 Å². The number of alkyl carbamates (subject to hydrolysis) is 1. The van der Waals surface area contributed by atoms with E-state index in [9.17, 15) is 29.4 Å². The summed E-state index contributed by atoms with van der Waals surface area (Å²) in [6.07, 6.45) is 0.247. The molecule has 3 amide bonds. The van der Waals surface area contributed by atoms with Gasteiger partial charge < -0.3 is 35.1 Å². The van der Waals surface area contributed by atoms with E-state index < -0.39 is 42.6 Å². The quantitative estimate of drug-likeness (QED) is 0.0928. The van der Waals surface area contributed by atoms with Gasteiger partial charge in [0.15, 0.2) is 0 Å². The van der Waals surface area contributed by atoms with Crippen LogP contribution in [0.25, 0.3) is 11.3 Å². The molecular formula is C32H29ClN4O9. The third-order valence-electron chi connectivity index (χ3n) is 6.49. The summed E-state index contributed by atoms with van der Waals surface area (Å²) in [6.45, 7) is -0.832. The van der Waals surface area contributed by atoms with Gasteiger partial charge in [-0.25, -0.2) is 15.0 Å². The van der Waals surface area contributed by atoms with Gasteiger partial charge in [0.2, 0.25) is 5.91 Å². The monoisotopic (exact) mass is 648 g/mol. The number of nitrogens with zero attached hydrogens (tertiary/aromatic N) is 1. The first-order valence-electron chi connectivity index (χ1n) is 13.7. The molecule has 0 saturated carbocycles. The van der Waals surface area contributed by atoms with Crippen molar-refractivity contribution in [2.45, 2.75) is 25.1 Å². The van der Waals surface area contributed by atoms with E-state index in [1.165, 1.54) is 36.5 Å². The van der Waals surface area contributed by atoms with E-state index >= 15 is 0 Å². The molecule has 4 aromatic rings. The molecule has 0 saturated heterocycles. The predicted octanol–water partition coefficient (Wildman–Crippen LogP) is 3.47. The number of rotatable bonds is 13. The van der Waals surface area contributed by atoms with Crippen molar-refractivity contribution in [2.75, 3.05) is 6.61 Å². The van der Waals surface area contributed by atoms with Crippen LogP contribution in [0.2, 0.25) is 5.02 Å². The number of hydrogen-bond acceptors (Lipinski definition) is 9. The summed E-state index contributed by atoms with van der Waals surface area (Å²) in [5.41, 5.74) is 4.10. The molecule has 0 unspecified atom stereocenters. The number of carboxylic acid groups (broad SMARTS) is 1. The topological polar surface area (TPSA) is 200 Å². The van der Waals surface area contributed by atoms with E-state index in [0.29, 0.717) is 16.9 Å². The number of hydrogen-bond donors (Lipinski definition) is 6. The minimum atomic E-state index is -1.43. The van der Waals surface area contributed by atoms with Crippen LogP contribution in [0.15, 0.2) is 94.4 Å². The van der Waals surface area contributed by atoms with E-state index in [4.69, 9.17) is 25.9 Å². The first-order chi connectivity index (χ1) is 22.1. The molecule has 3 aromatic carbocycles. The zero-order chi connectivity index (χ0) is 33.1. The normalized spacial score (nSPS) is 12.2. The highest BCUT2D eigenvalue weighted by molar-refractivity contribution is 6.33. The minimum absolute atomic E-state index is 0.00913. The number of aliphatic hydroxyl groups is 1. The Labute approximate surface area is 267 Å². The molecule has 4 rings (SSSR count). The minimum Gasteiger partial charge on any atom is -0.508 e. The van der Waals surface area contributed by atoms with Crippen molar-refractivity contribution in [1.82, 2.24) is 16.1 Å². The number of carbonyl (C=O) groups excluding carboxylic acids is 3. The third-order valence-corrected chi connectivity index (χ3v) is 6.80. The number of benzene rings is 3. The number of ether oxygens (including phenoxy) is 1. The molecule has 46 heavy (non-hydrogen) atoms. The van der Waals surface area contributed by atoms with Crippen molar-refractivity contribution >= 4 is 41.7 Å². The molecule has 6 N–H and O–H groups in total. The molecule has 2 atom stereocenters. The number of halogens is 1. The fourth-order valence-corrected chi connectivity index (χ4v) is 4.37. The van der Waals surface area contributed by atoms with E-state index in [1.807, 2.05) is 6.07 Å². The Balaban J connectivity index is 1.40. The zero-order valence-corrected chi connectivity index (χ0v) is 24.8. The molecule has 0 radical (unpaired) electrons. The van der Waals surface area contributed by atoms with E-state index in [2.05, 4.69) is 21.2 Å². The maximum absolute atomic E-state index is 13.1. The molecule has 0 spiro atoms. The molecule has 0 aliphatic carbocycles. The van der Waals surface area contributed by atoms with Crippen LogP contribution in [0, 0.1) is 0 Å². The van der Waals surface area contributed by atoms with Crippen molar-refractivity contribution in [2.24, 2.45) is 5.10 Å². The molecule has 0 fully saturated rings. The lowest BCUT2D eigenvalue weighted by Gasteiger charge is -2.21. The summed E-state index contributed by atoms with van der Waals surface area (Å²) in [6, 6.07) is 19.7. The highest BCUT2D eigenvalue weighted by Gasteiger charge is 2.27. The predicted molar refractivity (Wildman–Crippen MR) is 166 cm³/mol. The number of aromatic hydroxyl groups is 1. The molecule has 0 bridgehead atoms. The fraction of sp³-hybridized carbons (Fsp3) is 0.156. The van der Waals surface area contributed by atoms with Crippen LogP contribution in [-0.4, -0.2) is 64.1 Å². The van der Waals surface area contributed by atoms with Gasteiger partial charge in [-0.2, -0.15) is 5.10 Å². The van der Waals surface area contributed by atoms with Crippen LogP contribution in [-0.2, 0) is 27.4 Å². The standard InChI is InChI=1S/C32H29ClN4O9/c33-25-15-21(8-12-24(25)31(42)43)28-13-11-23(46-28)16-34-37-30(41)26(14-19-6-9-22(39)10-7-19)35-29(40)27(17-38)36-32(44)45-18-20-4-2-1-3-5-20/h1-13,15-16,26-27,38-39H,14,17-18H2,(H,35,40)(H,36,44)(H,37,41)(H,42,43)/b34-16-/t26-,27-/m0/s1. The number of phenols is 1. The van der Waals surface area contributed by atoms with Crippen molar-refractivity contribution in [1.29, 1.82) is 0 Å². The molecule has 0 aliphatic heterocycles. The number of carboxylic acids is 1. The summed E-state index contributed by atoms with van der Waals surface area (Å²) in [4.78, 5) is 49.6. The van der Waals surface area contributed by atoms with Crippen LogP contribution in [0.1, 0.15) is 27.2 Å². The lowest BCUT2D eigenvalue weighted by atomic mass is 10.0. The fourth-order valence-electron chi connectivity index (χ4n) is 4.11. The van der Waals surface area contributed by atoms with Crippen molar-refractivity contribution in [3.8, 4) is 17.1 Å². The Bertz CT molecular complexity index is 1710. The Morgan fingerprint density at radius 1 is 0.891 bits per heavy atom. The van der Waals surface area contributed by atoms with Gasteiger partial charge >= 0.3 is 12.1 Å². The number of aromatic carboxylic acids is 1. The van der Waals surface area contributed by atoms with Gasteiger partial charge in [0.1, 0.15) is 36.0 Å². The first-order valence-corrected chi connectivity index (χ1v) is 14.1. The van der Waals surface area contributed by atoms with Crippen LogP contribution in [0.3, 0.4) is 0 Å².